The summed E-state index contributed by atoms with van der Waals surface area (Å²) in [7, 11) is 0. The van der Waals surface area contributed by atoms with Crippen molar-refractivity contribution in [3.8, 4) is 11.3 Å². The summed E-state index contributed by atoms with van der Waals surface area (Å²) in [6, 6.07) is 11.8. The van der Waals surface area contributed by atoms with Crippen LogP contribution in [0.15, 0.2) is 48.9 Å². The van der Waals surface area contributed by atoms with Crippen LogP contribution in [0.1, 0.15) is 24.2 Å². The van der Waals surface area contributed by atoms with Gasteiger partial charge in [0.1, 0.15) is 0 Å². The minimum atomic E-state index is 0.197. The Kier molecular flexibility index (Phi) is 4.80. The number of fused-ring (bicyclic) bond motifs is 1. The molecule has 3 aromatic rings. The van der Waals surface area contributed by atoms with Crippen LogP contribution in [0.2, 0.25) is 5.02 Å². The number of carbonyl (C=O) groups is 1. The van der Waals surface area contributed by atoms with Gasteiger partial charge >= 0.3 is 0 Å². The summed E-state index contributed by atoms with van der Waals surface area (Å²) in [6.45, 7) is 2.39. The SMILES string of the molecule is O=C(CCc1ccc(-c2ccc(Cl)cc2)[nH]1)N1CCCn2cncc2C1. The standard InChI is InChI=1S/C20H21ClN4O/c21-16-4-2-15(3-5-16)19-8-6-17(23-19)7-9-20(26)24-10-1-11-25-14-22-12-18(25)13-24/h2-6,8,12,14,23H,1,7,9-11,13H2. The second-order valence-electron chi connectivity index (χ2n) is 6.65. The number of aromatic amines is 1. The zero-order valence-electron chi connectivity index (χ0n) is 14.5. The molecule has 0 aliphatic carbocycles. The highest BCUT2D eigenvalue weighted by atomic mass is 35.5. The van der Waals surface area contributed by atoms with Crippen LogP contribution in [0, 0.1) is 0 Å². The van der Waals surface area contributed by atoms with Gasteiger partial charge in [-0.25, -0.2) is 4.98 Å². The van der Waals surface area contributed by atoms with Gasteiger partial charge < -0.3 is 14.5 Å². The van der Waals surface area contributed by atoms with Crippen molar-refractivity contribution in [1.29, 1.82) is 0 Å². The molecule has 3 heterocycles. The first-order chi connectivity index (χ1) is 12.7. The third-order valence-corrected chi connectivity index (χ3v) is 5.09. The number of amides is 1. The van der Waals surface area contributed by atoms with Gasteiger partial charge in [-0.3, -0.25) is 4.79 Å². The first-order valence-electron chi connectivity index (χ1n) is 8.89. The summed E-state index contributed by atoms with van der Waals surface area (Å²) in [5.41, 5.74) is 4.32. The molecule has 5 nitrogen and oxygen atoms in total. The van der Waals surface area contributed by atoms with Crippen molar-refractivity contribution in [2.24, 2.45) is 0 Å². The summed E-state index contributed by atoms with van der Waals surface area (Å²) in [5.74, 6) is 0.197. The van der Waals surface area contributed by atoms with E-state index in [0.717, 1.165) is 47.2 Å². The maximum absolute atomic E-state index is 12.6. The molecule has 4 rings (SSSR count). The maximum Gasteiger partial charge on any atom is 0.223 e. The van der Waals surface area contributed by atoms with Crippen molar-refractivity contribution >= 4 is 17.5 Å². The van der Waals surface area contributed by atoms with Crippen LogP contribution in [-0.2, 0) is 24.3 Å². The Balaban J connectivity index is 1.37. The van der Waals surface area contributed by atoms with Gasteiger partial charge in [-0.2, -0.15) is 0 Å². The number of halogens is 1. The minimum Gasteiger partial charge on any atom is -0.358 e. The van der Waals surface area contributed by atoms with E-state index in [1.54, 1.807) is 0 Å². The molecule has 0 radical (unpaired) electrons. The number of aromatic nitrogens is 3. The van der Waals surface area contributed by atoms with Crippen molar-refractivity contribution in [3.05, 3.63) is 65.3 Å². The van der Waals surface area contributed by atoms with E-state index in [0.29, 0.717) is 19.4 Å². The molecule has 0 atom stereocenters. The Bertz CT molecular complexity index is 897. The van der Waals surface area contributed by atoms with Crippen LogP contribution in [-0.4, -0.2) is 31.9 Å². The van der Waals surface area contributed by atoms with E-state index < -0.39 is 0 Å². The third kappa shape index (κ3) is 3.68. The van der Waals surface area contributed by atoms with Crippen molar-refractivity contribution < 1.29 is 4.79 Å². The van der Waals surface area contributed by atoms with E-state index in [2.05, 4.69) is 20.6 Å². The summed E-state index contributed by atoms with van der Waals surface area (Å²) < 4.78 is 2.14. The predicted octanol–water partition coefficient (Wildman–Crippen LogP) is 3.90. The molecule has 2 aromatic heterocycles. The molecule has 1 aliphatic rings. The van der Waals surface area contributed by atoms with Gasteiger partial charge in [0.2, 0.25) is 5.91 Å². The lowest BCUT2D eigenvalue weighted by Gasteiger charge is -2.19. The van der Waals surface area contributed by atoms with Gasteiger partial charge in [0, 0.05) is 42.1 Å². The first-order valence-corrected chi connectivity index (χ1v) is 9.27. The van der Waals surface area contributed by atoms with Gasteiger partial charge in [-0.15, -0.1) is 0 Å². The van der Waals surface area contributed by atoms with E-state index in [4.69, 9.17) is 11.6 Å². The normalized spacial score (nSPS) is 14.1. The molecule has 0 unspecified atom stereocenters. The van der Waals surface area contributed by atoms with Gasteiger partial charge in [0.15, 0.2) is 0 Å². The average Bonchev–Trinajstić information content (AvgIpc) is 3.25. The zero-order chi connectivity index (χ0) is 17.9. The lowest BCUT2D eigenvalue weighted by atomic mass is 10.2. The Hall–Kier alpha value is -2.53. The molecule has 0 fully saturated rings. The molecule has 26 heavy (non-hydrogen) atoms. The number of carbonyl (C=O) groups excluding carboxylic acids is 1. The number of H-pyrrole nitrogens is 1. The second-order valence-corrected chi connectivity index (χ2v) is 7.09. The molecule has 1 aliphatic heterocycles. The maximum atomic E-state index is 12.6. The van der Waals surface area contributed by atoms with E-state index in [1.807, 2.05) is 47.8 Å². The van der Waals surface area contributed by atoms with E-state index in [1.165, 1.54) is 0 Å². The zero-order valence-corrected chi connectivity index (χ0v) is 15.2. The summed E-state index contributed by atoms with van der Waals surface area (Å²) >= 11 is 5.94. The van der Waals surface area contributed by atoms with Crippen molar-refractivity contribution in [3.63, 3.8) is 0 Å². The average molecular weight is 369 g/mol. The van der Waals surface area contributed by atoms with Crippen LogP contribution >= 0.6 is 11.6 Å². The highest BCUT2D eigenvalue weighted by molar-refractivity contribution is 6.30. The molecule has 0 bridgehead atoms. The van der Waals surface area contributed by atoms with E-state index in [-0.39, 0.29) is 5.91 Å². The predicted molar refractivity (Wildman–Crippen MR) is 102 cm³/mol. The number of benzene rings is 1. The molecule has 1 N–H and O–H groups in total. The Morgan fingerprint density at radius 3 is 2.85 bits per heavy atom. The summed E-state index contributed by atoms with van der Waals surface area (Å²) in [5, 5.41) is 0.727. The molecule has 0 saturated carbocycles. The molecule has 0 saturated heterocycles. The lowest BCUT2D eigenvalue weighted by Crippen LogP contribution is -2.30. The fraction of sp³-hybridized carbons (Fsp3) is 0.300. The highest BCUT2D eigenvalue weighted by Gasteiger charge is 2.19. The van der Waals surface area contributed by atoms with E-state index >= 15 is 0 Å². The van der Waals surface area contributed by atoms with Gasteiger partial charge in [0.25, 0.3) is 0 Å². The number of rotatable bonds is 4. The van der Waals surface area contributed by atoms with Crippen LogP contribution in [0.4, 0.5) is 0 Å². The molecule has 1 aromatic carbocycles. The third-order valence-electron chi connectivity index (χ3n) is 4.84. The summed E-state index contributed by atoms with van der Waals surface area (Å²) in [6.07, 6.45) is 5.89. The molecular weight excluding hydrogens is 348 g/mol. The minimum absolute atomic E-state index is 0.197. The number of nitrogens with zero attached hydrogens (tertiary/aromatic N) is 3. The van der Waals surface area contributed by atoms with E-state index in [9.17, 15) is 4.79 Å². The lowest BCUT2D eigenvalue weighted by molar-refractivity contribution is -0.131. The Morgan fingerprint density at radius 1 is 1.15 bits per heavy atom. The monoisotopic (exact) mass is 368 g/mol. The van der Waals surface area contributed by atoms with Gasteiger partial charge in [-0.1, -0.05) is 23.7 Å². The smallest absolute Gasteiger partial charge is 0.223 e. The second kappa shape index (κ2) is 7.38. The molecule has 134 valence electrons. The van der Waals surface area contributed by atoms with Crippen LogP contribution in [0.5, 0.6) is 0 Å². The highest BCUT2D eigenvalue weighted by Crippen LogP contribution is 2.21. The molecule has 0 spiro atoms. The fourth-order valence-corrected chi connectivity index (χ4v) is 3.51. The number of hydrogen-bond donors (Lipinski definition) is 1. The number of imidazole rings is 1. The Morgan fingerprint density at radius 2 is 2.00 bits per heavy atom. The number of nitrogens with one attached hydrogen (secondary N) is 1. The van der Waals surface area contributed by atoms with Crippen molar-refractivity contribution in [2.75, 3.05) is 6.54 Å². The number of hydrogen-bond acceptors (Lipinski definition) is 2. The molecular formula is C20H21ClN4O. The topological polar surface area (TPSA) is 53.9 Å². The molecule has 6 heteroatoms. The van der Waals surface area contributed by atoms with Crippen LogP contribution in [0.25, 0.3) is 11.3 Å². The first kappa shape index (κ1) is 16.9. The quantitative estimate of drug-likeness (QED) is 0.759. The van der Waals surface area contributed by atoms with Crippen LogP contribution in [0.3, 0.4) is 0 Å². The molecule has 1 amide bonds. The van der Waals surface area contributed by atoms with Crippen LogP contribution < -0.4 is 0 Å². The Labute approximate surface area is 157 Å². The largest absolute Gasteiger partial charge is 0.358 e. The fourth-order valence-electron chi connectivity index (χ4n) is 3.38. The van der Waals surface area contributed by atoms with Gasteiger partial charge in [-0.05, 0) is 42.7 Å². The summed E-state index contributed by atoms with van der Waals surface area (Å²) in [4.78, 5) is 22.2. The van der Waals surface area contributed by atoms with Crippen molar-refractivity contribution in [1.82, 2.24) is 19.4 Å². The van der Waals surface area contributed by atoms with Gasteiger partial charge in [0.05, 0.1) is 18.6 Å². The number of aryl methyl sites for hydroxylation is 2. The van der Waals surface area contributed by atoms with Crippen molar-refractivity contribution in [2.45, 2.75) is 32.4 Å².